The predicted molar refractivity (Wildman–Crippen MR) is 55.2 cm³/mol. The third-order valence-corrected chi connectivity index (χ3v) is 2.53. The van der Waals surface area contributed by atoms with Crippen LogP contribution in [0.3, 0.4) is 0 Å². The molecule has 4 nitrogen and oxygen atoms in total. The van der Waals surface area contributed by atoms with Gasteiger partial charge in [-0.25, -0.2) is 9.18 Å². The Morgan fingerprint density at radius 1 is 1.56 bits per heavy atom. The number of rotatable bonds is 5. The molecule has 1 rings (SSSR count). The SMILES string of the molecule is CCC(NC=O)(C(=O)O)c1ccccc1F. The van der Waals surface area contributed by atoms with Crippen molar-refractivity contribution in [2.24, 2.45) is 0 Å². The van der Waals surface area contributed by atoms with Gasteiger partial charge in [0.15, 0.2) is 5.54 Å². The summed E-state index contributed by atoms with van der Waals surface area (Å²) in [6.45, 7) is 1.57. The molecule has 0 saturated carbocycles. The number of nitrogens with one attached hydrogen (secondary N) is 1. The van der Waals surface area contributed by atoms with Crippen LogP contribution in [0.15, 0.2) is 24.3 Å². The number of benzene rings is 1. The lowest BCUT2D eigenvalue weighted by atomic mass is 9.87. The molecule has 0 aliphatic heterocycles. The normalized spacial score (nSPS) is 13.9. The maximum atomic E-state index is 13.5. The molecule has 0 heterocycles. The van der Waals surface area contributed by atoms with Crippen molar-refractivity contribution in [3.8, 4) is 0 Å². The molecule has 0 fully saturated rings. The molecule has 2 N–H and O–H groups in total. The maximum absolute atomic E-state index is 13.5. The molecule has 1 aromatic carbocycles. The van der Waals surface area contributed by atoms with E-state index in [0.29, 0.717) is 0 Å². The summed E-state index contributed by atoms with van der Waals surface area (Å²) in [5.41, 5.74) is -1.75. The van der Waals surface area contributed by atoms with Crippen molar-refractivity contribution in [3.05, 3.63) is 35.6 Å². The van der Waals surface area contributed by atoms with Gasteiger partial charge in [-0.3, -0.25) is 4.79 Å². The average molecular weight is 225 g/mol. The van der Waals surface area contributed by atoms with Crippen molar-refractivity contribution in [2.75, 3.05) is 0 Å². The van der Waals surface area contributed by atoms with Gasteiger partial charge in [0.2, 0.25) is 6.41 Å². The molecule has 0 aliphatic rings. The molecule has 1 unspecified atom stereocenters. The van der Waals surface area contributed by atoms with Gasteiger partial charge in [0.25, 0.3) is 0 Å². The van der Waals surface area contributed by atoms with Crippen molar-refractivity contribution >= 4 is 12.4 Å². The van der Waals surface area contributed by atoms with Crippen LogP contribution in [0, 0.1) is 5.82 Å². The first-order valence-electron chi connectivity index (χ1n) is 4.78. The van der Waals surface area contributed by atoms with Crippen LogP contribution in [-0.4, -0.2) is 17.5 Å². The molecule has 0 aromatic heterocycles. The molecule has 0 aliphatic carbocycles. The van der Waals surface area contributed by atoms with Gasteiger partial charge in [0.05, 0.1) is 0 Å². The van der Waals surface area contributed by atoms with Crippen LogP contribution in [0.2, 0.25) is 0 Å². The Morgan fingerprint density at radius 2 is 2.19 bits per heavy atom. The van der Waals surface area contributed by atoms with Crippen molar-refractivity contribution in [2.45, 2.75) is 18.9 Å². The fourth-order valence-electron chi connectivity index (χ4n) is 1.61. The Bertz CT molecular complexity index is 408. The molecule has 1 amide bonds. The highest BCUT2D eigenvalue weighted by Crippen LogP contribution is 2.27. The molecular weight excluding hydrogens is 213 g/mol. The third kappa shape index (κ3) is 1.88. The number of aliphatic carboxylic acids is 1. The Labute approximate surface area is 92.1 Å². The average Bonchev–Trinajstić information content (AvgIpc) is 2.26. The van der Waals surface area contributed by atoms with Gasteiger partial charge >= 0.3 is 5.97 Å². The summed E-state index contributed by atoms with van der Waals surface area (Å²) < 4.78 is 13.5. The second-order valence-electron chi connectivity index (χ2n) is 3.31. The second kappa shape index (κ2) is 4.74. The Morgan fingerprint density at radius 3 is 2.62 bits per heavy atom. The number of hydrogen-bond donors (Lipinski definition) is 2. The quantitative estimate of drug-likeness (QED) is 0.741. The lowest BCUT2D eigenvalue weighted by Crippen LogP contribution is -2.48. The van der Waals surface area contributed by atoms with Crippen LogP contribution in [0.1, 0.15) is 18.9 Å². The topological polar surface area (TPSA) is 66.4 Å². The van der Waals surface area contributed by atoms with E-state index in [4.69, 9.17) is 5.11 Å². The predicted octanol–water partition coefficient (Wildman–Crippen LogP) is 1.26. The highest BCUT2D eigenvalue weighted by atomic mass is 19.1. The van der Waals surface area contributed by atoms with Crippen molar-refractivity contribution in [1.29, 1.82) is 0 Å². The number of carbonyl (C=O) groups is 2. The summed E-state index contributed by atoms with van der Waals surface area (Å²) in [5.74, 6) is -1.94. The molecule has 1 aromatic rings. The summed E-state index contributed by atoms with van der Waals surface area (Å²) in [5, 5.41) is 11.3. The Balaban J connectivity index is 3.35. The largest absolute Gasteiger partial charge is 0.479 e. The number of halogens is 1. The zero-order valence-electron chi connectivity index (χ0n) is 8.74. The fraction of sp³-hybridized carbons (Fsp3) is 0.273. The van der Waals surface area contributed by atoms with E-state index in [0.717, 1.165) is 6.07 Å². The summed E-state index contributed by atoms with van der Waals surface area (Å²) >= 11 is 0. The van der Waals surface area contributed by atoms with E-state index < -0.39 is 17.3 Å². The number of carbonyl (C=O) groups excluding carboxylic acids is 1. The van der Waals surface area contributed by atoms with Gasteiger partial charge in [0, 0.05) is 5.56 Å². The highest BCUT2D eigenvalue weighted by Gasteiger charge is 2.40. The van der Waals surface area contributed by atoms with Gasteiger partial charge in [-0.2, -0.15) is 0 Å². The Hall–Kier alpha value is -1.91. The number of carboxylic acid groups (broad SMARTS) is 1. The molecule has 5 heteroatoms. The van der Waals surface area contributed by atoms with Gasteiger partial charge in [-0.15, -0.1) is 0 Å². The molecule has 16 heavy (non-hydrogen) atoms. The van der Waals surface area contributed by atoms with Gasteiger partial charge < -0.3 is 10.4 Å². The molecular formula is C11H12FNO3. The highest BCUT2D eigenvalue weighted by molar-refractivity contribution is 5.83. The summed E-state index contributed by atoms with van der Waals surface area (Å²) in [7, 11) is 0. The molecule has 1 atom stereocenters. The van der Waals surface area contributed by atoms with E-state index >= 15 is 0 Å². The van der Waals surface area contributed by atoms with E-state index in [-0.39, 0.29) is 18.4 Å². The second-order valence-corrected chi connectivity index (χ2v) is 3.31. The van der Waals surface area contributed by atoms with E-state index in [9.17, 15) is 14.0 Å². The first-order valence-corrected chi connectivity index (χ1v) is 4.78. The van der Waals surface area contributed by atoms with E-state index in [1.54, 1.807) is 6.92 Å². The molecule has 0 radical (unpaired) electrons. The lowest BCUT2D eigenvalue weighted by molar-refractivity contribution is -0.147. The van der Waals surface area contributed by atoms with Crippen molar-refractivity contribution in [1.82, 2.24) is 5.32 Å². The Kier molecular flexibility index (Phi) is 3.60. The summed E-state index contributed by atoms with van der Waals surface area (Å²) in [4.78, 5) is 21.7. The number of amides is 1. The molecule has 0 bridgehead atoms. The zero-order valence-corrected chi connectivity index (χ0v) is 8.74. The van der Waals surface area contributed by atoms with Gasteiger partial charge in [-0.1, -0.05) is 25.1 Å². The first-order chi connectivity index (χ1) is 7.58. The summed E-state index contributed by atoms with van der Waals surface area (Å²) in [6.07, 6.45) is 0.325. The summed E-state index contributed by atoms with van der Waals surface area (Å²) in [6, 6.07) is 5.50. The fourth-order valence-corrected chi connectivity index (χ4v) is 1.61. The molecule has 0 saturated heterocycles. The van der Waals surface area contributed by atoms with Crippen molar-refractivity contribution < 1.29 is 19.1 Å². The maximum Gasteiger partial charge on any atom is 0.334 e. The van der Waals surface area contributed by atoms with Crippen LogP contribution in [0.25, 0.3) is 0 Å². The van der Waals surface area contributed by atoms with Crippen LogP contribution in [-0.2, 0) is 15.1 Å². The van der Waals surface area contributed by atoms with E-state index in [1.807, 2.05) is 0 Å². The first kappa shape index (κ1) is 12.2. The van der Waals surface area contributed by atoms with Crippen LogP contribution < -0.4 is 5.32 Å². The van der Waals surface area contributed by atoms with E-state index in [1.165, 1.54) is 18.2 Å². The van der Waals surface area contributed by atoms with Gasteiger partial charge in [0.1, 0.15) is 5.82 Å². The minimum atomic E-state index is -1.70. The van der Waals surface area contributed by atoms with Crippen LogP contribution in [0.4, 0.5) is 4.39 Å². The minimum absolute atomic E-state index is 0.0444. The van der Waals surface area contributed by atoms with Crippen LogP contribution >= 0.6 is 0 Å². The molecule has 0 spiro atoms. The minimum Gasteiger partial charge on any atom is -0.479 e. The lowest BCUT2D eigenvalue weighted by Gasteiger charge is -2.28. The van der Waals surface area contributed by atoms with Gasteiger partial charge in [-0.05, 0) is 12.5 Å². The number of hydrogen-bond acceptors (Lipinski definition) is 2. The van der Waals surface area contributed by atoms with E-state index in [2.05, 4.69) is 5.32 Å². The third-order valence-electron chi connectivity index (χ3n) is 2.53. The molecule has 86 valence electrons. The zero-order chi connectivity index (χ0) is 12.2. The van der Waals surface area contributed by atoms with Crippen molar-refractivity contribution in [3.63, 3.8) is 0 Å². The monoisotopic (exact) mass is 225 g/mol. The van der Waals surface area contributed by atoms with Crippen LogP contribution in [0.5, 0.6) is 0 Å². The number of carboxylic acids is 1. The smallest absolute Gasteiger partial charge is 0.334 e. The standard InChI is InChI=1S/C11H12FNO3/c1-2-11(10(15)16,13-7-14)8-5-3-4-6-9(8)12/h3-7H,2H2,1H3,(H,13,14)(H,15,16).